The monoisotopic (exact) mass is 376 g/mol. The van der Waals surface area contributed by atoms with Gasteiger partial charge in [-0.15, -0.1) is 0 Å². The number of rotatable bonds is 7. The zero-order valence-corrected chi connectivity index (χ0v) is 14.6. The summed E-state index contributed by atoms with van der Waals surface area (Å²) in [5.74, 6) is -2.42. The Hall–Kier alpha value is -3.09. The summed E-state index contributed by atoms with van der Waals surface area (Å²) in [5, 5.41) is 5.32. The van der Waals surface area contributed by atoms with Crippen molar-refractivity contribution in [1.82, 2.24) is 5.32 Å². The zero-order valence-electron chi connectivity index (χ0n) is 14.6. The van der Waals surface area contributed by atoms with E-state index in [2.05, 4.69) is 10.6 Å². The summed E-state index contributed by atoms with van der Waals surface area (Å²) < 4.78 is 36.9. The van der Waals surface area contributed by atoms with E-state index in [1.807, 2.05) is 19.1 Å². The fraction of sp³-hybridized carbons (Fsp3) is 0.200. The molecule has 2 aromatic carbocycles. The Balaban J connectivity index is 2.12. The topological polar surface area (TPSA) is 58.2 Å². The van der Waals surface area contributed by atoms with Gasteiger partial charge in [-0.2, -0.15) is 13.2 Å². The molecule has 7 heteroatoms. The van der Waals surface area contributed by atoms with Gasteiger partial charge in [0.2, 0.25) is 5.91 Å². The third-order valence-electron chi connectivity index (χ3n) is 3.70. The lowest BCUT2D eigenvalue weighted by atomic mass is 10.1. The minimum atomic E-state index is -4.95. The van der Waals surface area contributed by atoms with Gasteiger partial charge in [0.25, 0.3) is 5.78 Å². The molecule has 27 heavy (non-hydrogen) atoms. The standard InChI is InChI=1S/C20H19F3N2O2/c1-14-6-5-9-16(12-14)25-19(27)17(13-15-7-3-2-4-8-15)24-11-10-18(26)20(21,22)23/h2-12,17,24H,13H2,1H3,(H,25,27). The fourth-order valence-electron chi connectivity index (χ4n) is 2.36. The average molecular weight is 376 g/mol. The summed E-state index contributed by atoms with van der Waals surface area (Å²) in [7, 11) is 0. The van der Waals surface area contributed by atoms with Crippen LogP contribution in [0, 0.1) is 6.92 Å². The Morgan fingerprint density at radius 1 is 1.07 bits per heavy atom. The number of hydrogen-bond donors (Lipinski definition) is 2. The van der Waals surface area contributed by atoms with Gasteiger partial charge in [0.1, 0.15) is 6.04 Å². The van der Waals surface area contributed by atoms with Crippen LogP contribution in [0.5, 0.6) is 0 Å². The maximum atomic E-state index is 12.6. The maximum Gasteiger partial charge on any atom is 0.454 e. The molecule has 0 heterocycles. The second-order valence-corrected chi connectivity index (χ2v) is 5.96. The molecule has 0 bridgehead atoms. The summed E-state index contributed by atoms with van der Waals surface area (Å²) in [6.07, 6.45) is -3.48. The lowest BCUT2D eigenvalue weighted by Gasteiger charge is -2.18. The number of halogens is 3. The molecular weight excluding hydrogens is 357 g/mol. The second kappa shape index (κ2) is 9.02. The molecule has 0 fully saturated rings. The molecule has 2 rings (SSSR count). The molecule has 1 atom stereocenters. The van der Waals surface area contributed by atoms with Crippen molar-refractivity contribution in [1.29, 1.82) is 0 Å². The minimum absolute atomic E-state index is 0.239. The van der Waals surface area contributed by atoms with Gasteiger partial charge in [0.15, 0.2) is 0 Å². The highest BCUT2D eigenvalue weighted by atomic mass is 19.4. The third-order valence-corrected chi connectivity index (χ3v) is 3.70. The summed E-state index contributed by atoms with van der Waals surface area (Å²) in [6.45, 7) is 1.88. The number of aryl methyl sites for hydroxylation is 1. The van der Waals surface area contributed by atoms with Crippen LogP contribution in [0.4, 0.5) is 18.9 Å². The van der Waals surface area contributed by atoms with Crippen molar-refractivity contribution in [3.8, 4) is 0 Å². The van der Waals surface area contributed by atoms with E-state index in [9.17, 15) is 22.8 Å². The molecule has 142 valence electrons. The molecule has 0 radical (unpaired) electrons. The van der Waals surface area contributed by atoms with E-state index in [1.54, 1.807) is 42.5 Å². The van der Waals surface area contributed by atoms with Gasteiger partial charge in [0, 0.05) is 24.4 Å². The molecule has 1 amide bonds. The summed E-state index contributed by atoms with van der Waals surface area (Å²) in [4.78, 5) is 23.5. The molecule has 0 saturated carbocycles. The molecular formula is C20H19F3N2O2. The molecule has 4 nitrogen and oxygen atoms in total. The van der Waals surface area contributed by atoms with Gasteiger partial charge in [-0.25, -0.2) is 0 Å². The van der Waals surface area contributed by atoms with Crippen LogP contribution in [0.15, 0.2) is 66.9 Å². The van der Waals surface area contributed by atoms with E-state index >= 15 is 0 Å². The predicted molar refractivity (Wildman–Crippen MR) is 97.1 cm³/mol. The van der Waals surface area contributed by atoms with Gasteiger partial charge >= 0.3 is 6.18 Å². The van der Waals surface area contributed by atoms with Crippen molar-refractivity contribution in [2.45, 2.75) is 25.6 Å². The van der Waals surface area contributed by atoms with Crippen molar-refractivity contribution >= 4 is 17.4 Å². The van der Waals surface area contributed by atoms with Gasteiger partial charge < -0.3 is 10.6 Å². The molecule has 0 aliphatic rings. The number of amides is 1. The molecule has 0 aromatic heterocycles. The van der Waals surface area contributed by atoms with Gasteiger partial charge in [-0.05, 0) is 30.2 Å². The molecule has 1 unspecified atom stereocenters. The number of hydrogen-bond acceptors (Lipinski definition) is 3. The molecule has 0 aliphatic carbocycles. The lowest BCUT2D eigenvalue weighted by molar-refractivity contribution is -0.165. The van der Waals surface area contributed by atoms with E-state index < -0.39 is 23.9 Å². The third kappa shape index (κ3) is 6.62. The van der Waals surface area contributed by atoms with Crippen LogP contribution in [0.3, 0.4) is 0 Å². The minimum Gasteiger partial charge on any atom is -0.379 e. The first-order valence-corrected chi connectivity index (χ1v) is 8.21. The number of allylic oxidation sites excluding steroid dienone is 1. The average Bonchev–Trinajstić information content (AvgIpc) is 2.60. The highest BCUT2D eigenvalue weighted by Gasteiger charge is 2.36. The molecule has 0 saturated heterocycles. The summed E-state index contributed by atoms with van der Waals surface area (Å²) >= 11 is 0. The van der Waals surface area contributed by atoms with Crippen LogP contribution in [-0.2, 0) is 16.0 Å². The number of alkyl halides is 3. The number of carbonyl (C=O) groups excluding carboxylic acids is 2. The largest absolute Gasteiger partial charge is 0.454 e. The number of nitrogens with one attached hydrogen (secondary N) is 2. The fourth-order valence-corrected chi connectivity index (χ4v) is 2.36. The van der Waals surface area contributed by atoms with Gasteiger partial charge in [-0.1, -0.05) is 42.5 Å². The summed E-state index contributed by atoms with van der Waals surface area (Å²) in [6, 6.07) is 15.3. The normalized spacial score (nSPS) is 12.6. The Labute approximate surface area is 155 Å². The second-order valence-electron chi connectivity index (χ2n) is 5.96. The van der Waals surface area contributed by atoms with Crippen LogP contribution < -0.4 is 10.6 Å². The van der Waals surface area contributed by atoms with Crippen molar-refractivity contribution in [2.24, 2.45) is 0 Å². The van der Waals surface area contributed by atoms with Crippen molar-refractivity contribution < 1.29 is 22.8 Å². The van der Waals surface area contributed by atoms with Crippen LogP contribution in [0.1, 0.15) is 11.1 Å². The van der Waals surface area contributed by atoms with Crippen molar-refractivity contribution in [3.05, 3.63) is 78.0 Å². The molecule has 0 aliphatic heterocycles. The Morgan fingerprint density at radius 2 is 1.78 bits per heavy atom. The maximum absolute atomic E-state index is 12.6. The SMILES string of the molecule is Cc1cccc(NC(=O)C(Cc2ccccc2)NC=CC(=O)C(F)(F)F)c1. The Bertz CT molecular complexity index is 817. The van der Waals surface area contributed by atoms with Crippen molar-refractivity contribution in [2.75, 3.05) is 5.32 Å². The number of carbonyl (C=O) groups is 2. The first-order chi connectivity index (χ1) is 12.8. The molecule has 2 aromatic rings. The van der Waals surface area contributed by atoms with Crippen LogP contribution in [0.25, 0.3) is 0 Å². The quantitative estimate of drug-likeness (QED) is 0.723. The molecule has 2 N–H and O–H groups in total. The Morgan fingerprint density at radius 3 is 2.41 bits per heavy atom. The summed E-state index contributed by atoms with van der Waals surface area (Å²) in [5.41, 5.74) is 2.36. The van der Waals surface area contributed by atoms with Crippen LogP contribution in [0.2, 0.25) is 0 Å². The number of benzene rings is 2. The van der Waals surface area contributed by atoms with E-state index in [4.69, 9.17) is 0 Å². The van der Waals surface area contributed by atoms with Gasteiger partial charge in [0.05, 0.1) is 0 Å². The van der Waals surface area contributed by atoms with E-state index in [-0.39, 0.29) is 6.42 Å². The number of anilines is 1. The highest BCUT2D eigenvalue weighted by molar-refractivity contribution is 5.96. The van der Waals surface area contributed by atoms with Crippen molar-refractivity contribution in [3.63, 3.8) is 0 Å². The van der Waals surface area contributed by atoms with Crippen LogP contribution >= 0.6 is 0 Å². The Kier molecular flexibility index (Phi) is 6.76. The van der Waals surface area contributed by atoms with Gasteiger partial charge in [-0.3, -0.25) is 9.59 Å². The first-order valence-electron chi connectivity index (χ1n) is 8.21. The van der Waals surface area contributed by atoms with E-state index in [0.29, 0.717) is 11.8 Å². The smallest absolute Gasteiger partial charge is 0.379 e. The van der Waals surface area contributed by atoms with E-state index in [0.717, 1.165) is 17.3 Å². The molecule has 0 spiro atoms. The zero-order chi connectivity index (χ0) is 19.9. The highest BCUT2D eigenvalue weighted by Crippen LogP contribution is 2.16. The predicted octanol–water partition coefficient (Wildman–Crippen LogP) is 3.78. The number of ketones is 1. The lowest BCUT2D eigenvalue weighted by Crippen LogP contribution is -2.39. The van der Waals surface area contributed by atoms with E-state index in [1.165, 1.54) is 0 Å². The van der Waals surface area contributed by atoms with Crippen LogP contribution in [-0.4, -0.2) is 23.9 Å². The first kappa shape index (κ1) is 20.2.